The fourth-order valence-corrected chi connectivity index (χ4v) is 2.03. The molecule has 1 unspecified atom stereocenters. The molecule has 0 aromatic heterocycles. The SMILES string of the molecule is CC(C)NCCC1(OC(C)C(F)(F)F)CCC1. The maximum atomic E-state index is 12.4. The molecule has 1 saturated carbocycles. The van der Waals surface area contributed by atoms with Gasteiger partial charge in [-0.3, -0.25) is 0 Å². The molecule has 17 heavy (non-hydrogen) atoms. The van der Waals surface area contributed by atoms with Crippen LogP contribution in [0.3, 0.4) is 0 Å². The van der Waals surface area contributed by atoms with Crippen LogP contribution in [0.2, 0.25) is 0 Å². The van der Waals surface area contributed by atoms with Gasteiger partial charge < -0.3 is 10.1 Å². The summed E-state index contributed by atoms with van der Waals surface area (Å²) in [4.78, 5) is 0. The Bertz CT molecular complexity index is 236. The van der Waals surface area contributed by atoms with E-state index >= 15 is 0 Å². The first-order valence-corrected chi connectivity index (χ1v) is 6.23. The van der Waals surface area contributed by atoms with Gasteiger partial charge in [0.1, 0.15) is 0 Å². The highest BCUT2D eigenvalue weighted by molar-refractivity contribution is 4.91. The van der Waals surface area contributed by atoms with Crippen molar-refractivity contribution in [3.8, 4) is 0 Å². The summed E-state index contributed by atoms with van der Waals surface area (Å²) in [6, 6.07) is 0.354. The standard InChI is InChI=1S/C12H22F3NO/c1-9(2)16-8-7-11(5-4-6-11)17-10(3)12(13,14)15/h9-10,16H,4-8H2,1-3H3. The Morgan fingerprint density at radius 2 is 1.82 bits per heavy atom. The van der Waals surface area contributed by atoms with Crippen molar-refractivity contribution >= 4 is 0 Å². The molecule has 2 nitrogen and oxygen atoms in total. The van der Waals surface area contributed by atoms with Crippen LogP contribution >= 0.6 is 0 Å². The number of hydrogen-bond donors (Lipinski definition) is 1. The predicted octanol–water partition coefficient (Wildman–Crippen LogP) is 3.26. The van der Waals surface area contributed by atoms with Gasteiger partial charge in [0.15, 0.2) is 6.10 Å². The Kier molecular flexibility index (Phi) is 4.84. The van der Waals surface area contributed by atoms with Gasteiger partial charge >= 0.3 is 6.18 Å². The van der Waals surface area contributed by atoms with Gasteiger partial charge in [-0.25, -0.2) is 0 Å². The minimum Gasteiger partial charge on any atom is -0.363 e. The van der Waals surface area contributed by atoms with Crippen molar-refractivity contribution in [1.29, 1.82) is 0 Å². The van der Waals surface area contributed by atoms with Gasteiger partial charge in [0, 0.05) is 6.04 Å². The number of hydrogen-bond acceptors (Lipinski definition) is 2. The third kappa shape index (κ3) is 4.47. The van der Waals surface area contributed by atoms with Gasteiger partial charge in [0.25, 0.3) is 0 Å². The molecule has 5 heteroatoms. The van der Waals surface area contributed by atoms with Crippen molar-refractivity contribution in [3.63, 3.8) is 0 Å². The molecule has 102 valence electrons. The zero-order valence-electron chi connectivity index (χ0n) is 10.7. The second kappa shape index (κ2) is 5.57. The molecule has 0 heterocycles. The summed E-state index contributed by atoms with van der Waals surface area (Å²) in [6.07, 6.45) is -2.81. The topological polar surface area (TPSA) is 21.3 Å². The first-order chi connectivity index (χ1) is 7.75. The van der Waals surface area contributed by atoms with Crippen LogP contribution in [-0.2, 0) is 4.74 Å². The molecule has 1 aliphatic carbocycles. The minimum atomic E-state index is -4.26. The second-order valence-electron chi connectivity index (χ2n) is 5.20. The van der Waals surface area contributed by atoms with Crippen molar-refractivity contribution in [1.82, 2.24) is 5.32 Å². The summed E-state index contributed by atoms with van der Waals surface area (Å²) in [5.74, 6) is 0. The van der Waals surface area contributed by atoms with Gasteiger partial charge in [0.2, 0.25) is 0 Å². The molecule has 0 bridgehead atoms. The summed E-state index contributed by atoms with van der Waals surface area (Å²) in [5.41, 5.74) is -0.545. The highest BCUT2D eigenvalue weighted by Crippen LogP contribution is 2.41. The van der Waals surface area contributed by atoms with Crippen LogP contribution in [0.1, 0.15) is 46.5 Å². The van der Waals surface area contributed by atoms with Crippen LogP contribution in [0.4, 0.5) is 13.2 Å². The maximum Gasteiger partial charge on any atom is 0.414 e. The lowest BCUT2D eigenvalue weighted by Crippen LogP contribution is -2.48. The molecule has 1 atom stereocenters. The average Bonchev–Trinajstić information content (AvgIpc) is 2.11. The van der Waals surface area contributed by atoms with E-state index in [-0.39, 0.29) is 0 Å². The van der Waals surface area contributed by atoms with Crippen LogP contribution in [0, 0.1) is 0 Å². The van der Waals surface area contributed by atoms with E-state index in [1.807, 2.05) is 13.8 Å². The third-order valence-electron chi connectivity index (χ3n) is 3.29. The van der Waals surface area contributed by atoms with E-state index in [4.69, 9.17) is 4.74 Å². The molecule has 1 aliphatic rings. The molecule has 1 rings (SSSR count). The van der Waals surface area contributed by atoms with Gasteiger partial charge in [-0.1, -0.05) is 13.8 Å². The Morgan fingerprint density at radius 1 is 1.24 bits per heavy atom. The summed E-state index contributed by atoms with van der Waals surface area (Å²) < 4.78 is 42.6. The van der Waals surface area contributed by atoms with Crippen molar-refractivity contribution in [2.75, 3.05) is 6.54 Å². The molecule has 0 amide bonds. The summed E-state index contributed by atoms with van der Waals surface area (Å²) in [6.45, 7) is 5.84. The second-order valence-corrected chi connectivity index (χ2v) is 5.20. The Balaban J connectivity index is 2.41. The van der Waals surface area contributed by atoms with E-state index in [1.165, 1.54) is 0 Å². The van der Waals surface area contributed by atoms with E-state index in [0.29, 0.717) is 19.0 Å². The molecular formula is C12H22F3NO. The first kappa shape index (κ1) is 14.8. The summed E-state index contributed by atoms with van der Waals surface area (Å²) in [7, 11) is 0. The lowest BCUT2D eigenvalue weighted by Gasteiger charge is -2.44. The molecule has 0 aliphatic heterocycles. The van der Waals surface area contributed by atoms with Crippen molar-refractivity contribution in [2.45, 2.75) is 70.4 Å². The van der Waals surface area contributed by atoms with Crippen molar-refractivity contribution < 1.29 is 17.9 Å². The zero-order chi connectivity index (χ0) is 13.1. The Hall–Kier alpha value is -0.290. The zero-order valence-corrected chi connectivity index (χ0v) is 10.7. The van der Waals surface area contributed by atoms with E-state index in [9.17, 15) is 13.2 Å². The lowest BCUT2D eigenvalue weighted by molar-refractivity contribution is -0.261. The van der Waals surface area contributed by atoms with Crippen LogP contribution in [-0.4, -0.2) is 30.5 Å². The number of halogens is 3. The predicted molar refractivity (Wildman–Crippen MR) is 60.9 cm³/mol. The van der Waals surface area contributed by atoms with E-state index in [0.717, 1.165) is 26.2 Å². The number of ether oxygens (including phenoxy) is 1. The molecule has 0 aromatic carbocycles. The molecule has 1 N–H and O–H groups in total. The number of alkyl halides is 3. The fraction of sp³-hybridized carbons (Fsp3) is 1.00. The van der Waals surface area contributed by atoms with Crippen LogP contribution in [0.25, 0.3) is 0 Å². The van der Waals surface area contributed by atoms with Gasteiger partial charge in [-0.2, -0.15) is 13.2 Å². The van der Waals surface area contributed by atoms with Crippen molar-refractivity contribution in [3.05, 3.63) is 0 Å². The van der Waals surface area contributed by atoms with Crippen molar-refractivity contribution in [2.24, 2.45) is 0 Å². The molecule has 1 fully saturated rings. The van der Waals surface area contributed by atoms with E-state index in [2.05, 4.69) is 5.32 Å². The molecule has 0 aromatic rings. The monoisotopic (exact) mass is 253 g/mol. The largest absolute Gasteiger partial charge is 0.414 e. The quantitative estimate of drug-likeness (QED) is 0.784. The summed E-state index contributed by atoms with van der Waals surface area (Å²) in [5, 5.41) is 3.22. The normalized spacial score (nSPS) is 21.4. The minimum absolute atomic E-state index is 0.354. The van der Waals surface area contributed by atoms with Gasteiger partial charge in [-0.15, -0.1) is 0 Å². The Morgan fingerprint density at radius 3 is 2.18 bits per heavy atom. The van der Waals surface area contributed by atoms with Crippen LogP contribution in [0.5, 0.6) is 0 Å². The maximum absolute atomic E-state index is 12.4. The summed E-state index contributed by atoms with van der Waals surface area (Å²) >= 11 is 0. The van der Waals surface area contributed by atoms with Gasteiger partial charge in [-0.05, 0) is 39.2 Å². The Labute approximate surface area is 101 Å². The highest BCUT2D eigenvalue weighted by atomic mass is 19.4. The highest BCUT2D eigenvalue weighted by Gasteiger charge is 2.46. The fourth-order valence-electron chi connectivity index (χ4n) is 2.03. The first-order valence-electron chi connectivity index (χ1n) is 6.23. The molecule has 0 radical (unpaired) electrons. The molecular weight excluding hydrogens is 231 g/mol. The third-order valence-corrected chi connectivity index (χ3v) is 3.29. The van der Waals surface area contributed by atoms with E-state index < -0.39 is 17.9 Å². The number of rotatable bonds is 6. The molecule has 0 spiro atoms. The number of nitrogens with one attached hydrogen (secondary N) is 1. The smallest absolute Gasteiger partial charge is 0.363 e. The molecule has 0 saturated heterocycles. The van der Waals surface area contributed by atoms with Crippen LogP contribution < -0.4 is 5.32 Å². The van der Waals surface area contributed by atoms with E-state index in [1.54, 1.807) is 0 Å². The van der Waals surface area contributed by atoms with Gasteiger partial charge in [0.05, 0.1) is 5.60 Å². The van der Waals surface area contributed by atoms with Crippen LogP contribution in [0.15, 0.2) is 0 Å². The average molecular weight is 253 g/mol. The lowest BCUT2D eigenvalue weighted by atomic mass is 9.77.